The van der Waals surface area contributed by atoms with Gasteiger partial charge in [0.1, 0.15) is 27.8 Å². The number of ketones is 1. The Balaban J connectivity index is 1.85. The highest BCUT2D eigenvalue weighted by Crippen LogP contribution is 2.44. The Morgan fingerprint density at radius 1 is 0.857 bits per heavy atom. The second-order valence-corrected chi connectivity index (χ2v) is 9.74. The molecule has 8 heteroatoms. The first-order chi connectivity index (χ1) is 16.7. The number of carbonyl (C=O) groups excluding carboxylic acids is 1. The maximum atomic E-state index is 14.0. The van der Waals surface area contributed by atoms with Crippen molar-refractivity contribution in [2.24, 2.45) is 11.3 Å². The van der Waals surface area contributed by atoms with Crippen LogP contribution in [0.5, 0.6) is 5.75 Å². The van der Waals surface area contributed by atoms with Crippen molar-refractivity contribution in [3.8, 4) is 28.0 Å². The standard InChI is InChI=1S/C27H26N6O2/c1-14(15(2)27(3,4)5)26(35)23-21(34)13-12-16(17-8-6-10-19-24(17)30-32-28-19)22(23)18-9-7-11-20-25(18)31-33-29-20/h6-14,34H,2H2,1,3-5H3,(H,28,30,32)(H,29,31,33). The summed E-state index contributed by atoms with van der Waals surface area (Å²) in [6.45, 7) is 12.1. The average Bonchev–Trinajstić information content (AvgIpc) is 3.51. The summed E-state index contributed by atoms with van der Waals surface area (Å²) in [5.74, 6) is -0.837. The number of aromatic amines is 2. The highest BCUT2D eigenvalue weighted by Gasteiger charge is 2.31. The van der Waals surface area contributed by atoms with Crippen molar-refractivity contribution in [1.82, 2.24) is 30.8 Å². The molecule has 1 unspecified atom stereocenters. The normalized spacial score (nSPS) is 12.8. The molecule has 2 aromatic heterocycles. The lowest BCUT2D eigenvalue weighted by molar-refractivity contribution is 0.0936. The minimum Gasteiger partial charge on any atom is -0.507 e. The largest absolute Gasteiger partial charge is 0.507 e. The Kier molecular flexibility index (Phi) is 5.24. The highest BCUT2D eigenvalue weighted by molar-refractivity contribution is 6.13. The number of hydrogen-bond acceptors (Lipinski definition) is 6. The van der Waals surface area contributed by atoms with Crippen LogP contribution in [-0.2, 0) is 0 Å². The van der Waals surface area contributed by atoms with Crippen LogP contribution in [0.3, 0.4) is 0 Å². The number of rotatable bonds is 5. The first-order valence-electron chi connectivity index (χ1n) is 11.4. The number of aromatic nitrogens is 6. The minimum atomic E-state index is -0.519. The zero-order valence-electron chi connectivity index (χ0n) is 20.0. The van der Waals surface area contributed by atoms with Gasteiger partial charge in [-0.05, 0) is 35.2 Å². The fraction of sp³-hybridized carbons (Fsp3) is 0.222. The number of phenolic OH excluding ortho intramolecular Hbond substituents is 1. The monoisotopic (exact) mass is 466 g/mol. The number of aromatic hydroxyl groups is 1. The van der Waals surface area contributed by atoms with Crippen LogP contribution in [0.15, 0.2) is 60.7 Å². The number of para-hydroxylation sites is 2. The molecule has 176 valence electrons. The highest BCUT2D eigenvalue weighted by atomic mass is 16.3. The molecule has 3 aromatic carbocycles. The molecule has 5 aromatic rings. The minimum absolute atomic E-state index is 0.102. The van der Waals surface area contributed by atoms with Crippen LogP contribution in [0.1, 0.15) is 38.1 Å². The molecule has 0 aliphatic rings. The smallest absolute Gasteiger partial charge is 0.174 e. The van der Waals surface area contributed by atoms with Gasteiger partial charge in [0, 0.05) is 22.6 Å². The summed E-state index contributed by atoms with van der Waals surface area (Å²) in [6.07, 6.45) is 0. The van der Waals surface area contributed by atoms with Crippen molar-refractivity contribution < 1.29 is 9.90 Å². The number of phenols is 1. The Hall–Kier alpha value is -4.33. The molecule has 1 atom stereocenters. The van der Waals surface area contributed by atoms with Crippen LogP contribution < -0.4 is 0 Å². The lowest BCUT2D eigenvalue weighted by Gasteiger charge is -2.27. The van der Waals surface area contributed by atoms with Crippen LogP contribution in [0.4, 0.5) is 0 Å². The lowest BCUT2D eigenvalue weighted by Crippen LogP contribution is -2.22. The van der Waals surface area contributed by atoms with E-state index in [1.54, 1.807) is 12.1 Å². The summed E-state index contributed by atoms with van der Waals surface area (Å²) in [5.41, 5.74) is 6.11. The molecular formula is C27H26N6O2. The van der Waals surface area contributed by atoms with Crippen LogP contribution >= 0.6 is 0 Å². The van der Waals surface area contributed by atoms with Crippen molar-refractivity contribution in [2.45, 2.75) is 27.7 Å². The van der Waals surface area contributed by atoms with Crippen LogP contribution in [-0.4, -0.2) is 41.7 Å². The first kappa shape index (κ1) is 22.5. The van der Waals surface area contributed by atoms with Gasteiger partial charge in [0.15, 0.2) is 5.78 Å². The van der Waals surface area contributed by atoms with E-state index in [4.69, 9.17) is 0 Å². The number of Topliss-reactive ketones (excluding diaryl/α,β-unsaturated/α-hetero) is 1. The third-order valence-corrected chi connectivity index (χ3v) is 6.56. The molecule has 0 aliphatic heterocycles. The number of allylic oxidation sites excluding steroid dienone is 1. The summed E-state index contributed by atoms with van der Waals surface area (Å²) in [7, 11) is 0. The van der Waals surface area contributed by atoms with Gasteiger partial charge in [0.25, 0.3) is 0 Å². The molecular weight excluding hydrogens is 440 g/mol. The first-order valence-corrected chi connectivity index (χ1v) is 11.4. The zero-order valence-corrected chi connectivity index (χ0v) is 20.0. The lowest BCUT2D eigenvalue weighted by atomic mass is 9.76. The van der Waals surface area contributed by atoms with Crippen LogP contribution in [0.2, 0.25) is 0 Å². The van der Waals surface area contributed by atoms with Crippen LogP contribution in [0, 0.1) is 11.3 Å². The van der Waals surface area contributed by atoms with Crippen molar-refractivity contribution in [3.63, 3.8) is 0 Å². The molecule has 0 bridgehead atoms. The Morgan fingerprint density at radius 2 is 1.43 bits per heavy atom. The number of nitrogens with zero attached hydrogens (tertiary/aromatic N) is 4. The van der Waals surface area contributed by atoms with Gasteiger partial charge in [-0.1, -0.05) is 64.1 Å². The molecule has 0 radical (unpaired) electrons. The molecule has 0 aliphatic carbocycles. The van der Waals surface area contributed by atoms with E-state index < -0.39 is 5.92 Å². The summed E-state index contributed by atoms with van der Waals surface area (Å²) in [4.78, 5) is 14.0. The van der Waals surface area contributed by atoms with Crippen molar-refractivity contribution >= 4 is 27.9 Å². The summed E-state index contributed by atoms with van der Waals surface area (Å²) in [6, 6.07) is 14.6. The number of nitrogens with one attached hydrogen (secondary N) is 2. The molecule has 8 nitrogen and oxygen atoms in total. The summed E-state index contributed by atoms with van der Waals surface area (Å²) < 4.78 is 0. The van der Waals surface area contributed by atoms with E-state index >= 15 is 0 Å². The van der Waals surface area contributed by atoms with Gasteiger partial charge < -0.3 is 5.11 Å². The van der Waals surface area contributed by atoms with Gasteiger partial charge in [-0.15, -0.1) is 0 Å². The second kappa shape index (κ2) is 8.16. The maximum Gasteiger partial charge on any atom is 0.174 e. The summed E-state index contributed by atoms with van der Waals surface area (Å²) in [5, 5.41) is 33.6. The number of carbonyl (C=O) groups is 1. The van der Waals surface area contributed by atoms with E-state index in [2.05, 4.69) is 37.4 Å². The fourth-order valence-electron chi connectivity index (χ4n) is 4.52. The molecule has 0 saturated carbocycles. The van der Waals surface area contributed by atoms with Gasteiger partial charge in [0.2, 0.25) is 0 Å². The van der Waals surface area contributed by atoms with Crippen molar-refractivity contribution in [2.75, 3.05) is 0 Å². The van der Waals surface area contributed by atoms with Gasteiger partial charge in [-0.2, -0.15) is 30.8 Å². The molecule has 5 rings (SSSR count). The average molecular weight is 467 g/mol. The van der Waals surface area contributed by atoms with E-state index in [1.165, 1.54) is 0 Å². The Morgan fingerprint density at radius 3 is 2.03 bits per heavy atom. The van der Waals surface area contributed by atoms with Gasteiger partial charge in [0.05, 0.1) is 5.56 Å². The second-order valence-electron chi connectivity index (χ2n) is 9.74. The van der Waals surface area contributed by atoms with Crippen LogP contribution in [0.25, 0.3) is 44.3 Å². The van der Waals surface area contributed by atoms with E-state index in [-0.39, 0.29) is 22.5 Å². The zero-order chi connectivity index (χ0) is 24.9. The predicted molar refractivity (Wildman–Crippen MR) is 136 cm³/mol. The van der Waals surface area contributed by atoms with E-state index in [9.17, 15) is 9.90 Å². The van der Waals surface area contributed by atoms with Gasteiger partial charge in [-0.3, -0.25) is 4.79 Å². The van der Waals surface area contributed by atoms with E-state index in [1.807, 2.05) is 64.1 Å². The van der Waals surface area contributed by atoms with E-state index in [0.29, 0.717) is 33.2 Å². The Labute approximate surface area is 202 Å². The number of fused-ring (bicyclic) bond motifs is 2. The number of hydrogen-bond donors (Lipinski definition) is 3. The van der Waals surface area contributed by atoms with Crippen molar-refractivity contribution in [1.29, 1.82) is 0 Å². The van der Waals surface area contributed by atoms with E-state index in [0.717, 1.165) is 16.7 Å². The molecule has 0 saturated heterocycles. The van der Waals surface area contributed by atoms with Crippen molar-refractivity contribution in [3.05, 3.63) is 66.2 Å². The number of benzene rings is 3. The molecule has 0 fully saturated rings. The topological polar surface area (TPSA) is 120 Å². The molecule has 0 amide bonds. The molecule has 3 N–H and O–H groups in total. The van der Waals surface area contributed by atoms with Gasteiger partial charge in [-0.25, -0.2) is 0 Å². The third kappa shape index (κ3) is 3.67. The molecule has 2 heterocycles. The summed E-state index contributed by atoms with van der Waals surface area (Å²) >= 11 is 0. The van der Waals surface area contributed by atoms with Gasteiger partial charge >= 0.3 is 0 Å². The number of H-pyrrole nitrogens is 2. The molecule has 35 heavy (non-hydrogen) atoms. The fourth-order valence-corrected chi connectivity index (χ4v) is 4.52. The Bertz CT molecular complexity index is 1610. The maximum absolute atomic E-state index is 14.0. The molecule has 0 spiro atoms. The predicted octanol–water partition coefficient (Wildman–Crippen LogP) is 5.69. The SMILES string of the molecule is C=C(C(C)C(=O)c1c(O)ccc(-c2cccc3n[nH]nc23)c1-c1cccc2n[nH]nc12)C(C)(C)C. The quantitative estimate of drug-likeness (QED) is 0.226. The third-order valence-electron chi connectivity index (χ3n) is 6.56.